The van der Waals surface area contributed by atoms with Gasteiger partial charge in [-0.25, -0.2) is 4.98 Å². The van der Waals surface area contributed by atoms with Crippen molar-refractivity contribution < 1.29 is 9.21 Å². The molecular formula is C20H19N5O2. The number of hydrogen-bond acceptors (Lipinski definition) is 5. The summed E-state index contributed by atoms with van der Waals surface area (Å²) in [7, 11) is 0. The van der Waals surface area contributed by atoms with Gasteiger partial charge in [-0.2, -0.15) is 5.26 Å². The summed E-state index contributed by atoms with van der Waals surface area (Å²) in [4.78, 5) is 22.5. The molecule has 0 radical (unpaired) electrons. The van der Waals surface area contributed by atoms with Crippen LogP contribution in [0.15, 0.2) is 53.4 Å². The summed E-state index contributed by atoms with van der Waals surface area (Å²) in [6, 6.07) is 12.9. The Morgan fingerprint density at radius 2 is 2.33 bits per heavy atom. The number of hydrogen-bond donors (Lipinski definition) is 2. The summed E-state index contributed by atoms with van der Waals surface area (Å²) < 4.78 is 5.29. The maximum atomic E-state index is 12.9. The Morgan fingerprint density at radius 1 is 1.41 bits per heavy atom. The van der Waals surface area contributed by atoms with E-state index in [2.05, 4.69) is 26.3 Å². The van der Waals surface area contributed by atoms with Gasteiger partial charge >= 0.3 is 0 Å². The summed E-state index contributed by atoms with van der Waals surface area (Å²) in [5.74, 6) is 0.657. The first kappa shape index (κ1) is 17.1. The van der Waals surface area contributed by atoms with Crippen molar-refractivity contribution in [2.24, 2.45) is 0 Å². The number of carbonyl (C=O) groups is 1. The zero-order valence-electron chi connectivity index (χ0n) is 14.7. The predicted octanol–water partition coefficient (Wildman–Crippen LogP) is 2.12. The number of fused-ring (bicyclic) bond motifs is 1. The van der Waals surface area contributed by atoms with Crippen molar-refractivity contribution in [2.45, 2.75) is 32.1 Å². The molecular weight excluding hydrogens is 342 g/mol. The fourth-order valence-corrected chi connectivity index (χ4v) is 3.39. The van der Waals surface area contributed by atoms with Gasteiger partial charge in [-0.15, -0.1) is 0 Å². The number of nitrogens with zero attached hydrogens (tertiary/aromatic N) is 3. The topological polar surface area (TPSA) is 98.0 Å². The second-order valence-electron chi connectivity index (χ2n) is 6.56. The molecule has 2 N–H and O–H groups in total. The molecule has 7 nitrogen and oxygen atoms in total. The van der Waals surface area contributed by atoms with Crippen LogP contribution in [0.25, 0.3) is 0 Å². The minimum absolute atomic E-state index is 0.0588. The van der Waals surface area contributed by atoms with E-state index < -0.39 is 0 Å². The van der Waals surface area contributed by atoms with Crippen LogP contribution in [0.2, 0.25) is 0 Å². The number of nitriles is 1. The summed E-state index contributed by atoms with van der Waals surface area (Å²) in [5, 5.41) is 12.1. The van der Waals surface area contributed by atoms with Gasteiger partial charge in [0.2, 0.25) is 5.91 Å². The van der Waals surface area contributed by atoms with E-state index >= 15 is 0 Å². The third-order valence-electron chi connectivity index (χ3n) is 4.76. The molecule has 0 fully saturated rings. The van der Waals surface area contributed by atoms with Gasteiger partial charge in [-0.3, -0.25) is 9.69 Å². The number of H-pyrrole nitrogens is 1. The molecule has 1 aromatic carbocycles. The molecule has 0 saturated carbocycles. The highest BCUT2D eigenvalue weighted by molar-refractivity contribution is 5.82. The van der Waals surface area contributed by atoms with Crippen LogP contribution in [-0.2, 0) is 30.8 Å². The molecule has 1 aliphatic heterocycles. The highest BCUT2D eigenvalue weighted by Crippen LogP contribution is 2.23. The number of amides is 1. The fraction of sp³-hybridized carbons (Fsp3) is 0.250. The van der Waals surface area contributed by atoms with Crippen LogP contribution < -0.4 is 5.32 Å². The monoisotopic (exact) mass is 361 g/mol. The van der Waals surface area contributed by atoms with Crippen LogP contribution in [0.1, 0.15) is 28.3 Å². The van der Waals surface area contributed by atoms with Gasteiger partial charge in [-0.05, 0) is 29.8 Å². The normalized spacial score (nSPS) is 16.5. The van der Waals surface area contributed by atoms with E-state index in [1.807, 2.05) is 24.3 Å². The standard InChI is InChI=1S/C20H19N5O2/c21-9-14-3-1-4-15(7-14)11-25-12-18-17(23-13-24-18)8-19(25)20(26)22-10-16-5-2-6-27-16/h1-7,13,19H,8,10-12H2,(H,22,26)(H,23,24). The summed E-state index contributed by atoms with van der Waals surface area (Å²) in [6.07, 6.45) is 3.80. The molecule has 7 heteroatoms. The van der Waals surface area contributed by atoms with E-state index in [1.54, 1.807) is 24.7 Å². The van der Waals surface area contributed by atoms with Crippen LogP contribution >= 0.6 is 0 Å². The lowest BCUT2D eigenvalue weighted by Crippen LogP contribution is -2.49. The lowest BCUT2D eigenvalue weighted by atomic mass is 10.0. The molecule has 0 aliphatic carbocycles. The van der Waals surface area contributed by atoms with Crippen molar-refractivity contribution in [1.82, 2.24) is 20.2 Å². The number of furan rings is 1. The van der Waals surface area contributed by atoms with Gasteiger partial charge in [0.1, 0.15) is 5.76 Å². The maximum absolute atomic E-state index is 12.9. The molecule has 3 heterocycles. The van der Waals surface area contributed by atoms with Crippen LogP contribution in [0, 0.1) is 11.3 Å². The Bertz CT molecular complexity index is 970. The van der Waals surface area contributed by atoms with Crippen LogP contribution in [0.4, 0.5) is 0 Å². The van der Waals surface area contributed by atoms with E-state index in [9.17, 15) is 4.79 Å². The van der Waals surface area contributed by atoms with Crippen LogP contribution in [0.5, 0.6) is 0 Å². The Balaban J connectivity index is 1.52. The highest BCUT2D eigenvalue weighted by Gasteiger charge is 2.33. The quantitative estimate of drug-likeness (QED) is 0.725. The van der Waals surface area contributed by atoms with E-state index in [4.69, 9.17) is 9.68 Å². The number of aromatic amines is 1. The van der Waals surface area contributed by atoms with Gasteiger partial charge in [0.05, 0.1) is 48.2 Å². The van der Waals surface area contributed by atoms with E-state index in [0.717, 1.165) is 17.0 Å². The average molecular weight is 361 g/mol. The number of aromatic nitrogens is 2. The first-order valence-electron chi connectivity index (χ1n) is 8.77. The van der Waals surface area contributed by atoms with Crippen molar-refractivity contribution in [3.8, 4) is 6.07 Å². The zero-order chi connectivity index (χ0) is 18.6. The van der Waals surface area contributed by atoms with Crippen molar-refractivity contribution in [2.75, 3.05) is 0 Å². The Morgan fingerprint density at radius 3 is 3.15 bits per heavy atom. The molecule has 27 heavy (non-hydrogen) atoms. The second-order valence-corrected chi connectivity index (χ2v) is 6.56. The van der Waals surface area contributed by atoms with Gasteiger partial charge in [0, 0.05) is 19.5 Å². The smallest absolute Gasteiger partial charge is 0.238 e. The fourth-order valence-electron chi connectivity index (χ4n) is 3.39. The number of benzene rings is 1. The molecule has 3 aromatic rings. The SMILES string of the molecule is N#Cc1cccc(CN2Cc3[nH]cnc3CC2C(=O)NCc2ccco2)c1. The second kappa shape index (κ2) is 7.48. The molecule has 0 spiro atoms. The predicted molar refractivity (Wildman–Crippen MR) is 97.0 cm³/mol. The lowest BCUT2D eigenvalue weighted by molar-refractivity contribution is -0.127. The first-order valence-corrected chi connectivity index (χ1v) is 8.77. The molecule has 0 bridgehead atoms. The third kappa shape index (κ3) is 3.76. The van der Waals surface area contributed by atoms with Crippen molar-refractivity contribution in [3.63, 3.8) is 0 Å². The molecule has 0 saturated heterocycles. The Kier molecular flexibility index (Phi) is 4.73. The first-order chi connectivity index (χ1) is 13.2. The highest BCUT2D eigenvalue weighted by atomic mass is 16.3. The summed E-state index contributed by atoms with van der Waals surface area (Å²) in [5.41, 5.74) is 3.57. The molecule has 2 aromatic heterocycles. The maximum Gasteiger partial charge on any atom is 0.238 e. The number of rotatable bonds is 5. The third-order valence-corrected chi connectivity index (χ3v) is 4.76. The number of nitrogens with one attached hydrogen (secondary N) is 2. The van der Waals surface area contributed by atoms with Gasteiger partial charge in [-0.1, -0.05) is 12.1 Å². The van der Waals surface area contributed by atoms with Crippen molar-refractivity contribution in [3.05, 3.63) is 77.3 Å². The van der Waals surface area contributed by atoms with Gasteiger partial charge < -0.3 is 14.7 Å². The number of carbonyl (C=O) groups excluding carboxylic acids is 1. The van der Waals surface area contributed by atoms with Gasteiger partial charge in [0.25, 0.3) is 0 Å². The molecule has 136 valence electrons. The van der Waals surface area contributed by atoms with E-state index in [0.29, 0.717) is 37.4 Å². The zero-order valence-corrected chi connectivity index (χ0v) is 14.7. The van der Waals surface area contributed by atoms with Gasteiger partial charge in [0.15, 0.2) is 0 Å². The van der Waals surface area contributed by atoms with Crippen molar-refractivity contribution >= 4 is 5.91 Å². The minimum Gasteiger partial charge on any atom is -0.467 e. The van der Waals surface area contributed by atoms with Crippen LogP contribution in [0.3, 0.4) is 0 Å². The molecule has 4 rings (SSSR count). The Hall–Kier alpha value is -3.37. The Labute approximate surface area is 156 Å². The van der Waals surface area contributed by atoms with E-state index in [1.165, 1.54) is 0 Å². The van der Waals surface area contributed by atoms with E-state index in [-0.39, 0.29) is 11.9 Å². The largest absolute Gasteiger partial charge is 0.467 e. The minimum atomic E-state index is -0.332. The van der Waals surface area contributed by atoms with Crippen LogP contribution in [-0.4, -0.2) is 26.8 Å². The molecule has 1 unspecified atom stereocenters. The number of imidazole rings is 1. The summed E-state index contributed by atoms with van der Waals surface area (Å²) >= 11 is 0. The van der Waals surface area contributed by atoms with Crippen molar-refractivity contribution in [1.29, 1.82) is 5.26 Å². The molecule has 1 amide bonds. The average Bonchev–Trinajstić information content (AvgIpc) is 3.37. The lowest BCUT2D eigenvalue weighted by Gasteiger charge is -2.34. The molecule has 1 aliphatic rings. The molecule has 1 atom stereocenters. The summed E-state index contributed by atoms with van der Waals surface area (Å²) in [6.45, 7) is 1.53.